The van der Waals surface area contributed by atoms with Crippen LogP contribution < -0.4 is 0 Å². The van der Waals surface area contributed by atoms with Crippen LogP contribution in [0.4, 0.5) is 0 Å². The second-order valence-corrected chi connectivity index (χ2v) is 7.67. The minimum absolute atomic E-state index is 0.0465. The van der Waals surface area contributed by atoms with E-state index in [9.17, 15) is 4.79 Å². The van der Waals surface area contributed by atoms with Gasteiger partial charge in [-0.2, -0.15) is 0 Å². The van der Waals surface area contributed by atoms with Crippen molar-refractivity contribution in [1.82, 2.24) is 24.8 Å². The number of nitrogens with zero attached hydrogens (tertiary/aromatic N) is 5. The van der Waals surface area contributed by atoms with E-state index < -0.39 is 0 Å². The Hall–Kier alpha value is -1.86. The first-order chi connectivity index (χ1) is 12.0. The van der Waals surface area contributed by atoms with Crippen LogP contribution in [0.15, 0.2) is 17.8 Å². The number of carbonyl (C=O) groups is 1. The number of piperazine rings is 1. The smallest absolute Gasteiger partial charge is 0.257 e. The number of amides is 1. The first kappa shape index (κ1) is 17.9. The van der Waals surface area contributed by atoms with E-state index in [-0.39, 0.29) is 11.8 Å². The second-order valence-electron chi connectivity index (χ2n) is 6.75. The summed E-state index contributed by atoms with van der Waals surface area (Å²) in [4.78, 5) is 30.4. The minimum Gasteiger partial charge on any atom is -0.336 e. The largest absolute Gasteiger partial charge is 0.336 e. The molecule has 134 valence electrons. The highest BCUT2D eigenvalue weighted by atomic mass is 32.1. The Labute approximate surface area is 152 Å². The average molecular weight is 359 g/mol. The molecule has 1 unspecified atom stereocenters. The summed E-state index contributed by atoms with van der Waals surface area (Å²) in [6.45, 7) is 11.3. The van der Waals surface area contributed by atoms with Crippen molar-refractivity contribution in [3.05, 3.63) is 39.9 Å². The molecule has 1 fully saturated rings. The van der Waals surface area contributed by atoms with E-state index in [1.54, 1.807) is 17.5 Å². The van der Waals surface area contributed by atoms with E-state index in [2.05, 4.69) is 40.6 Å². The van der Waals surface area contributed by atoms with Crippen molar-refractivity contribution in [2.24, 2.45) is 0 Å². The molecule has 7 heteroatoms. The van der Waals surface area contributed by atoms with Crippen molar-refractivity contribution >= 4 is 17.2 Å². The Kier molecular flexibility index (Phi) is 5.44. The molecule has 1 atom stereocenters. The molecule has 0 saturated carbocycles. The number of thiazole rings is 1. The topological polar surface area (TPSA) is 62.2 Å². The molecule has 0 aliphatic carbocycles. The van der Waals surface area contributed by atoms with Gasteiger partial charge in [-0.25, -0.2) is 15.0 Å². The lowest BCUT2D eigenvalue weighted by Gasteiger charge is -2.37. The van der Waals surface area contributed by atoms with Gasteiger partial charge < -0.3 is 4.90 Å². The van der Waals surface area contributed by atoms with Gasteiger partial charge >= 0.3 is 0 Å². The third kappa shape index (κ3) is 3.88. The standard InChI is InChI=1S/C18H25N5OS/c1-12(2)16-15(11-20-14(4)21-16)18(24)23-8-6-22(7-9-23)13(3)17-19-5-10-25-17/h5,10-13H,6-9H2,1-4H3. The molecule has 0 radical (unpaired) electrons. The lowest BCUT2D eigenvalue weighted by molar-refractivity contribution is 0.0579. The molecule has 3 heterocycles. The third-order valence-corrected chi connectivity index (χ3v) is 5.62. The van der Waals surface area contributed by atoms with Gasteiger partial charge in [0.05, 0.1) is 17.3 Å². The molecule has 0 bridgehead atoms. The quantitative estimate of drug-likeness (QED) is 0.840. The minimum atomic E-state index is 0.0465. The first-order valence-corrected chi connectivity index (χ1v) is 9.61. The molecule has 2 aromatic rings. The van der Waals surface area contributed by atoms with Crippen molar-refractivity contribution in [2.45, 2.75) is 39.7 Å². The summed E-state index contributed by atoms with van der Waals surface area (Å²) < 4.78 is 0. The van der Waals surface area contributed by atoms with Gasteiger partial charge in [0.15, 0.2) is 0 Å². The maximum atomic E-state index is 13.0. The summed E-state index contributed by atoms with van der Waals surface area (Å²) in [5.74, 6) is 0.958. The molecule has 0 aromatic carbocycles. The summed E-state index contributed by atoms with van der Waals surface area (Å²) in [6, 6.07) is 0.297. The molecule has 25 heavy (non-hydrogen) atoms. The number of carbonyl (C=O) groups excluding carboxylic acids is 1. The zero-order valence-electron chi connectivity index (χ0n) is 15.3. The van der Waals surface area contributed by atoms with E-state index in [0.29, 0.717) is 17.4 Å². The van der Waals surface area contributed by atoms with Crippen LogP contribution in [0, 0.1) is 6.92 Å². The number of aryl methyl sites for hydroxylation is 1. The fourth-order valence-corrected chi connectivity index (χ4v) is 3.90. The van der Waals surface area contributed by atoms with Crippen LogP contribution in [-0.2, 0) is 0 Å². The lowest BCUT2D eigenvalue weighted by atomic mass is 10.0. The van der Waals surface area contributed by atoms with Crippen LogP contribution in [0.5, 0.6) is 0 Å². The Morgan fingerprint density at radius 1 is 1.16 bits per heavy atom. The van der Waals surface area contributed by atoms with Gasteiger partial charge in [-0.3, -0.25) is 9.69 Å². The third-order valence-electron chi connectivity index (χ3n) is 4.67. The maximum Gasteiger partial charge on any atom is 0.257 e. The Bertz CT molecular complexity index is 723. The van der Waals surface area contributed by atoms with Crippen molar-refractivity contribution in [2.75, 3.05) is 26.2 Å². The molecule has 1 saturated heterocycles. The van der Waals surface area contributed by atoms with Gasteiger partial charge in [0.25, 0.3) is 5.91 Å². The Morgan fingerprint density at radius 3 is 2.48 bits per heavy atom. The normalized spacial score (nSPS) is 17.1. The van der Waals surface area contributed by atoms with Crippen LogP contribution in [0.2, 0.25) is 0 Å². The molecule has 1 aliphatic heterocycles. The highest BCUT2D eigenvalue weighted by Gasteiger charge is 2.28. The van der Waals surface area contributed by atoms with Crippen LogP contribution >= 0.6 is 11.3 Å². The van der Waals surface area contributed by atoms with E-state index in [1.807, 2.05) is 23.4 Å². The molecule has 1 aliphatic rings. The first-order valence-electron chi connectivity index (χ1n) is 8.73. The van der Waals surface area contributed by atoms with Crippen molar-refractivity contribution in [3.63, 3.8) is 0 Å². The number of aromatic nitrogens is 3. The van der Waals surface area contributed by atoms with Gasteiger partial charge in [-0.15, -0.1) is 11.3 Å². The number of hydrogen-bond acceptors (Lipinski definition) is 6. The summed E-state index contributed by atoms with van der Waals surface area (Å²) in [7, 11) is 0. The molecule has 1 amide bonds. The van der Waals surface area contributed by atoms with Crippen molar-refractivity contribution in [1.29, 1.82) is 0 Å². The van der Waals surface area contributed by atoms with Gasteiger partial charge in [0.2, 0.25) is 0 Å². The highest BCUT2D eigenvalue weighted by molar-refractivity contribution is 7.09. The molecule has 6 nitrogen and oxygen atoms in total. The molecule has 3 rings (SSSR count). The van der Waals surface area contributed by atoms with Crippen molar-refractivity contribution < 1.29 is 4.79 Å². The van der Waals surface area contributed by atoms with Gasteiger partial charge in [-0.05, 0) is 19.8 Å². The summed E-state index contributed by atoms with van der Waals surface area (Å²) in [6.07, 6.45) is 3.53. The zero-order chi connectivity index (χ0) is 18.0. The maximum absolute atomic E-state index is 13.0. The molecule has 2 aromatic heterocycles. The molecular formula is C18H25N5OS. The van der Waals surface area contributed by atoms with E-state index in [0.717, 1.165) is 36.9 Å². The highest BCUT2D eigenvalue weighted by Crippen LogP contribution is 2.24. The Balaban J connectivity index is 1.68. The van der Waals surface area contributed by atoms with E-state index in [4.69, 9.17) is 0 Å². The lowest BCUT2D eigenvalue weighted by Crippen LogP contribution is -2.49. The summed E-state index contributed by atoms with van der Waals surface area (Å²) >= 11 is 1.69. The van der Waals surface area contributed by atoms with Gasteiger partial charge in [0, 0.05) is 44.0 Å². The zero-order valence-corrected chi connectivity index (χ0v) is 16.1. The van der Waals surface area contributed by atoms with E-state index >= 15 is 0 Å². The molecular weight excluding hydrogens is 334 g/mol. The van der Waals surface area contributed by atoms with Crippen LogP contribution in [0.1, 0.15) is 59.6 Å². The molecule has 0 N–H and O–H groups in total. The fourth-order valence-electron chi connectivity index (χ4n) is 3.17. The van der Waals surface area contributed by atoms with Crippen LogP contribution in [-0.4, -0.2) is 56.8 Å². The fraction of sp³-hybridized carbons (Fsp3) is 0.556. The van der Waals surface area contributed by atoms with Crippen LogP contribution in [0.3, 0.4) is 0 Å². The summed E-state index contributed by atoms with van der Waals surface area (Å²) in [5.41, 5.74) is 1.48. The predicted octanol–water partition coefficient (Wildman–Crippen LogP) is 2.88. The van der Waals surface area contributed by atoms with Gasteiger partial charge in [0.1, 0.15) is 10.8 Å². The second kappa shape index (κ2) is 7.58. The van der Waals surface area contributed by atoms with Gasteiger partial charge in [-0.1, -0.05) is 13.8 Å². The average Bonchev–Trinajstić information content (AvgIpc) is 3.15. The Morgan fingerprint density at radius 2 is 1.88 bits per heavy atom. The van der Waals surface area contributed by atoms with E-state index in [1.165, 1.54) is 0 Å². The van der Waals surface area contributed by atoms with Crippen LogP contribution in [0.25, 0.3) is 0 Å². The summed E-state index contributed by atoms with van der Waals surface area (Å²) in [5, 5.41) is 3.14. The van der Waals surface area contributed by atoms with Crippen molar-refractivity contribution in [3.8, 4) is 0 Å². The predicted molar refractivity (Wildman–Crippen MR) is 98.9 cm³/mol. The SMILES string of the molecule is Cc1ncc(C(=O)N2CCN(C(C)c3nccs3)CC2)c(C(C)C)n1. The number of hydrogen-bond donors (Lipinski definition) is 0. The monoisotopic (exact) mass is 359 g/mol. The number of rotatable bonds is 4. The molecule has 0 spiro atoms.